The van der Waals surface area contributed by atoms with Crippen molar-refractivity contribution in [2.75, 3.05) is 23.9 Å². The zero-order valence-corrected chi connectivity index (χ0v) is 16.2. The Balaban J connectivity index is 1.84. The van der Waals surface area contributed by atoms with E-state index in [-0.39, 0.29) is 21.8 Å². The standard InChI is InChI=1S/C17H19N3O5S2/c1-26(2,23)10-4-8-18-16(21)12-6-7-15-13(11-12)19-17(22)14-5-3-9-20(14)27(15,24)25/h3,5-7,9,11H,1,4,8,10H2,2H3,(H,18,21)(H,19,22). The highest BCUT2D eigenvalue weighted by Crippen LogP contribution is 2.29. The summed E-state index contributed by atoms with van der Waals surface area (Å²) in [6.07, 6.45) is 3.37. The molecule has 2 heterocycles. The maximum absolute atomic E-state index is 12.7. The normalized spacial score (nSPS) is 17.0. The zero-order valence-electron chi connectivity index (χ0n) is 14.6. The lowest BCUT2D eigenvalue weighted by atomic mass is 10.2. The Morgan fingerprint density at radius 1 is 1.33 bits per heavy atom. The molecule has 0 saturated carbocycles. The number of rotatable bonds is 5. The summed E-state index contributed by atoms with van der Waals surface area (Å²) in [6.45, 7) is 0.312. The molecule has 3 rings (SSSR count). The van der Waals surface area contributed by atoms with Gasteiger partial charge in [0.25, 0.3) is 21.8 Å². The fraction of sp³-hybridized carbons (Fsp3) is 0.235. The van der Waals surface area contributed by atoms with Crippen molar-refractivity contribution in [2.24, 2.45) is 0 Å². The van der Waals surface area contributed by atoms with Crippen LogP contribution in [0.5, 0.6) is 0 Å². The largest absolute Gasteiger partial charge is 0.352 e. The van der Waals surface area contributed by atoms with Crippen LogP contribution in [-0.2, 0) is 19.5 Å². The number of benzene rings is 1. The second-order valence-corrected chi connectivity index (χ2v) is 10.9. The SMILES string of the molecule is C=S(C)(=O)CCCNC(=O)c1ccc2c(c1)NC(=O)c1cccn1S2(=O)=O. The summed E-state index contributed by atoms with van der Waals surface area (Å²) in [5, 5.41) is 5.22. The first-order valence-corrected chi connectivity index (χ1v) is 11.8. The Labute approximate surface area is 157 Å². The van der Waals surface area contributed by atoms with E-state index in [2.05, 4.69) is 16.5 Å². The number of anilines is 1. The van der Waals surface area contributed by atoms with Crippen molar-refractivity contribution in [3.8, 4) is 0 Å². The summed E-state index contributed by atoms with van der Waals surface area (Å²) in [7, 11) is -6.05. The first kappa shape index (κ1) is 19.2. The van der Waals surface area contributed by atoms with Gasteiger partial charge < -0.3 is 10.6 Å². The number of hydrogen-bond donors (Lipinski definition) is 2. The molecule has 1 aliphatic heterocycles. The quantitative estimate of drug-likeness (QED) is 0.559. The fourth-order valence-electron chi connectivity index (χ4n) is 2.72. The second-order valence-electron chi connectivity index (χ2n) is 6.36. The lowest BCUT2D eigenvalue weighted by Crippen LogP contribution is -2.26. The van der Waals surface area contributed by atoms with Crippen LogP contribution in [-0.4, -0.2) is 52.8 Å². The maximum atomic E-state index is 12.7. The lowest BCUT2D eigenvalue weighted by Gasteiger charge is -2.10. The summed E-state index contributed by atoms with van der Waals surface area (Å²) in [4.78, 5) is 24.5. The van der Waals surface area contributed by atoms with Crippen molar-refractivity contribution in [3.05, 3.63) is 47.8 Å². The molecule has 2 amide bonds. The molecule has 144 valence electrons. The van der Waals surface area contributed by atoms with Crippen LogP contribution in [0.1, 0.15) is 27.3 Å². The average Bonchev–Trinajstić information content (AvgIpc) is 3.05. The molecule has 1 atom stereocenters. The number of aromatic nitrogens is 1. The molecule has 0 radical (unpaired) electrons. The molecule has 2 N–H and O–H groups in total. The number of amides is 2. The molecule has 10 heteroatoms. The highest BCUT2D eigenvalue weighted by atomic mass is 32.2. The van der Waals surface area contributed by atoms with Gasteiger partial charge >= 0.3 is 0 Å². The second kappa shape index (κ2) is 6.86. The molecule has 1 aromatic heterocycles. The Bertz CT molecular complexity index is 1130. The molecule has 27 heavy (non-hydrogen) atoms. The van der Waals surface area contributed by atoms with Crippen LogP contribution >= 0.6 is 0 Å². The van der Waals surface area contributed by atoms with E-state index in [1.165, 1.54) is 36.5 Å². The minimum Gasteiger partial charge on any atom is -0.352 e. The molecule has 1 unspecified atom stereocenters. The van der Waals surface area contributed by atoms with Crippen LogP contribution < -0.4 is 10.6 Å². The lowest BCUT2D eigenvalue weighted by molar-refractivity contribution is 0.0952. The third-order valence-electron chi connectivity index (χ3n) is 4.01. The third kappa shape index (κ3) is 3.91. The van der Waals surface area contributed by atoms with Crippen LogP contribution in [0.3, 0.4) is 0 Å². The molecule has 0 aliphatic carbocycles. The average molecular weight is 409 g/mol. The van der Waals surface area contributed by atoms with E-state index in [0.29, 0.717) is 18.7 Å². The van der Waals surface area contributed by atoms with E-state index >= 15 is 0 Å². The minimum absolute atomic E-state index is 0.00598. The van der Waals surface area contributed by atoms with Gasteiger partial charge in [0.2, 0.25) is 0 Å². The molecular weight excluding hydrogens is 390 g/mol. The van der Waals surface area contributed by atoms with Gasteiger partial charge in [-0.05, 0) is 52.1 Å². The van der Waals surface area contributed by atoms with Crippen LogP contribution in [0.4, 0.5) is 5.69 Å². The van der Waals surface area contributed by atoms with E-state index in [9.17, 15) is 22.2 Å². The van der Waals surface area contributed by atoms with Gasteiger partial charge in [-0.1, -0.05) is 0 Å². The van der Waals surface area contributed by atoms with Gasteiger partial charge in [-0.25, -0.2) is 12.4 Å². The van der Waals surface area contributed by atoms with Crippen LogP contribution in [0.25, 0.3) is 0 Å². The Kier molecular flexibility index (Phi) is 4.87. The summed E-state index contributed by atoms with van der Waals surface area (Å²) >= 11 is 0. The molecule has 0 bridgehead atoms. The van der Waals surface area contributed by atoms with Gasteiger partial charge in [0, 0.05) is 30.3 Å². The van der Waals surface area contributed by atoms with Gasteiger partial charge in [0.15, 0.2) is 0 Å². The van der Waals surface area contributed by atoms with Gasteiger partial charge in [-0.2, -0.15) is 0 Å². The number of carbonyl (C=O) groups excluding carboxylic acids is 2. The zero-order chi connectivity index (χ0) is 19.8. The fourth-order valence-corrected chi connectivity index (χ4v) is 4.95. The number of carbonyl (C=O) groups is 2. The third-order valence-corrected chi connectivity index (χ3v) is 6.91. The predicted molar refractivity (Wildman–Crippen MR) is 104 cm³/mol. The smallest absolute Gasteiger partial charge is 0.273 e. The van der Waals surface area contributed by atoms with Crippen molar-refractivity contribution < 1.29 is 22.2 Å². The van der Waals surface area contributed by atoms with Gasteiger partial charge in [-0.3, -0.25) is 13.8 Å². The molecule has 1 aliphatic rings. The number of fused-ring (bicyclic) bond motifs is 2. The van der Waals surface area contributed by atoms with Gasteiger partial charge in [0.05, 0.1) is 5.69 Å². The van der Waals surface area contributed by atoms with Crippen molar-refractivity contribution >= 4 is 42.9 Å². The Hall–Kier alpha value is -2.59. The molecule has 1 aromatic carbocycles. The van der Waals surface area contributed by atoms with Crippen LogP contribution in [0.15, 0.2) is 41.4 Å². The predicted octanol–water partition coefficient (Wildman–Crippen LogP) is 0.757. The first-order valence-electron chi connectivity index (χ1n) is 8.06. The highest BCUT2D eigenvalue weighted by Gasteiger charge is 2.30. The van der Waals surface area contributed by atoms with E-state index in [1.54, 1.807) is 6.26 Å². The number of nitrogens with zero attached hydrogens (tertiary/aromatic N) is 1. The van der Waals surface area contributed by atoms with Crippen molar-refractivity contribution in [1.29, 1.82) is 0 Å². The Morgan fingerprint density at radius 3 is 2.78 bits per heavy atom. The van der Waals surface area contributed by atoms with Gasteiger partial charge in [0.1, 0.15) is 10.6 Å². The highest BCUT2D eigenvalue weighted by molar-refractivity contribution is 7.99. The van der Waals surface area contributed by atoms with Crippen LogP contribution in [0, 0.1) is 0 Å². The number of hydrogen-bond acceptors (Lipinski definition) is 5. The summed E-state index contributed by atoms with van der Waals surface area (Å²) in [6, 6.07) is 6.89. The summed E-state index contributed by atoms with van der Waals surface area (Å²) in [5.74, 6) is 2.95. The molecule has 0 fully saturated rings. The minimum atomic E-state index is -3.94. The van der Waals surface area contributed by atoms with E-state index < -0.39 is 31.4 Å². The molecule has 8 nitrogen and oxygen atoms in total. The van der Waals surface area contributed by atoms with E-state index in [0.717, 1.165) is 3.97 Å². The van der Waals surface area contributed by atoms with E-state index in [4.69, 9.17) is 0 Å². The summed E-state index contributed by atoms with van der Waals surface area (Å²) in [5.41, 5.74) is 0.252. The maximum Gasteiger partial charge on any atom is 0.273 e. The molecular formula is C17H19N3O5S2. The van der Waals surface area contributed by atoms with Crippen LogP contribution in [0.2, 0.25) is 0 Å². The topological polar surface area (TPSA) is 114 Å². The number of nitrogens with one attached hydrogen (secondary N) is 2. The molecule has 0 saturated heterocycles. The molecule has 0 spiro atoms. The van der Waals surface area contributed by atoms with Crippen molar-refractivity contribution in [1.82, 2.24) is 9.29 Å². The van der Waals surface area contributed by atoms with Gasteiger partial charge in [-0.15, -0.1) is 0 Å². The summed E-state index contributed by atoms with van der Waals surface area (Å²) < 4.78 is 37.9. The molecule has 2 aromatic rings. The van der Waals surface area contributed by atoms with Crippen molar-refractivity contribution in [3.63, 3.8) is 0 Å². The monoisotopic (exact) mass is 409 g/mol. The van der Waals surface area contributed by atoms with Crippen molar-refractivity contribution in [2.45, 2.75) is 11.3 Å². The first-order chi connectivity index (χ1) is 12.6. The Morgan fingerprint density at radius 2 is 2.07 bits per heavy atom. The van der Waals surface area contributed by atoms with E-state index in [1.807, 2.05) is 0 Å².